The molecule has 0 heterocycles. The minimum Gasteiger partial charge on any atom is -0.272 e. The Hall–Kier alpha value is -1.09. The van der Waals surface area contributed by atoms with Crippen molar-refractivity contribution in [1.29, 1.82) is 0 Å². The van der Waals surface area contributed by atoms with Crippen molar-refractivity contribution in [2.45, 2.75) is 45.4 Å². The van der Waals surface area contributed by atoms with Crippen LogP contribution in [-0.4, -0.2) is 17.1 Å². The van der Waals surface area contributed by atoms with E-state index in [9.17, 15) is 4.57 Å². The lowest BCUT2D eigenvalue weighted by atomic mass is 10.1. The lowest BCUT2D eigenvalue weighted by molar-refractivity contribution is -0.107. The molecule has 0 spiro atoms. The van der Waals surface area contributed by atoms with Gasteiger partial charge < -0.3 is 0 Å². The van der Waals surface area contributed by atoms with Crippen molar-refractivity contribution < 1.29 is 9.19 Å². The lowest BCUT2D eigenvalue weighted by Crippen LogP contribution is -2.36. The molecule has 146 valence electrons. The molecule has 0 aliphatic rings. The summed E-state index contributed by atoms with van der Waals surface area (Å²) >= 11 is 13.2. The number of hydrogen-bond donors (Lipinski definition) is 0. The van der Waals surface area contributed by atoms with Crippen molar-refractivity contribution in [2.24, 2.45) is 0 Å². The molecule has 3 nitrogen and oxygen atoms in total. The molecule has 2 rings (SSSR count). The molecule has 0 N–H and O–H groups in total. The smallest absolute Gasteiger partial charge is 0.272 e. The molecule has 0 amide bonds. The van der Waals surface area contributed by atoms with Crippen LogP contribution < -0.4 is 0 Å². The molecule has 0 aromatic heterocycles. The van der Waals surface area contributed by atoms with E-state index in [0.29, 0.717) is 5.03 Å². The van der Waals surface area contributed by atoms with Crippen LogP contribution in [0.5, 0.6) is 0 Å². The number of halogens is 2. The monoisotopic (exact) mass is 425 g/mol. The van der Waals surface area contributed by atoms with E-state index in [2.05, 4.69) is 0 Å². The summed E-state index contributed by atoms with van der Waals surface area (Å²) in [6.45, 7) is 4.19. The van der Waals surface area contributed by atoms with Gasteiger partial charge in [-0.3, -0.25) is 4.57 Å². The van der Waals surface area contributed by atoms with Gasteiger partial charge in [0, 0.05) is 17.1 Å². The van der Waals surface area contributed by atoms with Gasteiger partial charge in [-0.05, 0) is 56.1 Å². The Morgan fingerprint density at radius 1 is 0.963 bits per heavy atom. The van der Waals surface area contributed by atoms with Gasteiger partial charge in [0.25, 0.3) is 0 Å². The van der Waals surface area contributed by atoms with Crippen molar-refractivity contribution >= 4 is 35.6 Å². The van der Waals surface area contributed by atoms with Crippen LogP contribution in [0.25, 0.3) is 6.08 Å². The third-order valence-corrected chi connectivity index (χ3v) is 6.87. The van der Waals surface area contributed by atoms with Crippen LogP contribution in [0, 0.1) is 0 Å². The summed E-state index contributed by atoms with van der Waals surface area (Å²) in [5.74, 6) is 0. The third kappa shape index (κ3) is 6.20. The zero-order valence-electron chi connectivity index (χ0n) is 16.0. The Kier molecular flexibility index (Phi) is 8.15. The minimum absolute atomic E-state index is 0.0189. The lowest BCUT2D eigenvalue weighted by Gasteiger charge is -2.33. The summed E-state index contributed by atoms with van der Waals surface area (Å²) in [5.41, 5.74) is 0.896. The van der Waals surface area contributed by atoms with E-state index in [4.69, 9.17) is 27.5 Å². The van der Waals surface area contributed by atoms with Gasteiger partial charge in [-0.25, -0.2) is 4.62 Å². The van der Waals surface area contributed by atoms with E-state index >= 15 is 0 Å². The van der Waals surface area contributed by atoms with Crippen LogP contribution in [0.2, 0.25) is 0 Å². The zero-order valence-corrected chi connectivity index (χ0v) is 18.5. The maximum absolute atomic E-state index is 13.5. The van der Waals surface area contributed by atoms with E-state index in [-0.39, 0.29) is 12.1 Å². The fraction of sp³-hybridized carbons (Fsp3) is 0.333. The third-order valence-electron chi connectivity index (χ3n) is 4.01. The maximum Gasteiger partial charge on any atom is 0.318 e. The Morgan fingerprint density at radius 2 is 1.44 bits per heavy atom. The minimum atomic E-state index is -3.68. The Labute approximate surface area is 172 Å². The molecule has 0 saturated carbocycles. The fourth-order valence-corrected chi connectivity index (χ4v) is 6.15. The van der Waals surface area contributed by atoms with E-state index in [1.54, 1.807) is 11.1 Å². The number of nitrogens with zero attached hydrogens (tertiary/aromatic N) is 1. The Morgan fingerprint density at radius 3 is 1.93 bits per heavy atom. The normalized spacial score (nSPS) is 16.0. The molecular formula is C21H26Cl2NO2P. The van der Waals surface area contributed by atoms with E-state index in [0.717, 1.165) is 11.1 Å². The summed E-state index contributed by atoms with van der Waals surface area (Å²) in [4.78, 5) is 0. The summed E-state index contributed by atoms with van der Waals surface area (Å²) in [6, 6.07) is 19.0. The Balaban J connectivity index is 2.46. The first-order valence-corrected chi connectivity index (χ1v) is 11.9. The SMILES string of the molecule is CC(C)N(OP(=O)(Cl)C(/C(Cl)=C/c1ccccc1)c1ccccc1)C(C)C. The molecule has 0 aliphatic heterocycles. The first-order chi connectivity index (χ1) is 12.7. The second kappa shape index (κ2) is 9.91. The summed E-state index contributed by atoms with van der Waals surface area (Å²) in [7, 11) is 0. The highest BCUT2D eigenvalue weighted by Gasteiger charge is 2.39. The predicted octanol–water partition coefficient (Wildman–Crippen LogP) is 7.49. The largest absolute Gasteiger partial charge is 0.318 e. The van der Waals surface area contributed by atoms with Gasteiger partial charge in [0.1, 0.15) is 5.66 Å². The summed E-state index contributed by atoms with van der Waals surface area (Å²) in [5, 5.41) is 2.04. The second-order valence-electron chi connectivity index (χ2n) is 6.90. The molecule has 2 unspecified atom stereocenters. The van der Waals surface area contributed by atoms with Crippen molar-refractivity contribution in [3.05, 3.63) is 76.8 Å². The highest BCUT2D eigenvalue weighted by atomic mass is 35.7. The predicted molar refractivity (Wildman–Crippen MR) is 116 cm³/mol. The average Bonchev–Trinajstić information content (AvgIpc) is 2.61. The molecule has 2 aromatic rings. The van der Waals surface area contributed by atoms with E-state index in [1.807, 2.05) is 88.4 Å². The van der Waals surface area contributed by atoms with E-state index in [1.165, 1.54) is 0 Å². The molecule has 0 bridgehead atoms. The van der Waals surface area contributed by atoms with Crippen molar-refractivity contribution in [2.75, 3.05) is 0 Å². The topological polar surface area (TPSA) is 29.5 Å². The maximum atomic E-state index is 13.5. The van der Waals surface area contributed by atoms with Crippen LogP contribution in [0.4, 0.5) is 0 Å². The highest BCUT2D eigenvalue weighted by Crippen LogP contribution is 2.68. The molecule has 0 fully saturated rings. The molecular weight excluding hydrogens is 400 g/mol. The van der Waals surface area contributed by atoms with Gasteiger partial charge in [0.2, 0.25) is 0 Å². The summed E-state index contributed by atoms with van der Waals surface area (Å²) in [6.07, 6.45) is 1.78. The molecule has 0 saturated heterocycles. The molecule has 2 aromatic carbocycles. The molecule has 6 heteroatoms. The number of hydrogen-bond acceptors (Lipinski definition) is 3. The molecule has 0 aliphatic carbocycles. The highest BCUT2D eigenvalue weighted by molar-refractivity contribution is 7.85. The summed E-state index contributed by atoms with van der Waals surface area (Å²) < 4.78 is 19.4. The van der Waals surface area contributed by atoms with Crippen LogP contribution in [-0.2, 0) is 9.19 Å². The first kappa shape index (κ1) is 22.2. The van der Waals surface area contributed by atoms with Crippen molar-refractivity contribution in [1.82, 2.24) is 5.06 Å². The number of hydroxylamine groups is 2. The van der Waals surface area contributed by atoms with Crippen LogP contribution in [0.3, 0.4) is 0 Å². The molecule has 2 atom stereocenters. The van der Waals surface area contributed by atoms with Crippen LogP contribution in [0.1, 0.15) is 44.5 Å². The molecule has 0 radical (unpaired) electrons. The average molecular weight is 426 g/mol. The quantitative estimate of drug-likeness (QED) is 0.324. The Bertz CT molecular complexity index is 786. The van der Waals surface area contributed by atoms with Gasteiger partial charge in [-0.2, -0.15) is 5.06 Å². The van der Waals surface area contributed by atoms with Gasteiger partial charge in [-0.15, -0.1) is 0 Å². The second-order valence-corrected chi connectivity index (χ2v) is 10.5. The van der Waals surface area contributed by atoms with Crippen molar-refractivity contribution in [3.8, 4) is 0 Å². The van der Waals surface area contributed by atoms with Gasteiger partial charge in [0.15, 0.2) is 0 Å². The van der Waals surface area contributed by atoms with Gasteiger partial charge in [0.05, 0.1) is 0 Å². The number of benzene rings is 2. The first-order valence-electron chi connectivity index (χ1n) is 8.97. The van der Waals surface area contributed by atoms with Crippen LogP contribution in [0.15, 0.2) is 65.7 Å². The molecule has 27 heavy (non-hydrogen) atoms. The van der Waals surface area contributed by atoms with E-state index < -0.39 is 12.4 Å². The van der Waals surface area contributed by atoms with Crippen LogP contribution >= 0.6 is 29.6 Å². The van der Waals surface area contributed by atoms with Gasteiger partial charge in [-0.1, -0.05) is 72.3 Å². The van der Waals surface area contributed by atoms with Gasteiger partial charge >= 0.3 is 6.72 Å². The fourth-order valence-electron chi connectivity index (χ4n) is 2.87. The standard InChI is InChI=1S/C21H26Cl2NO2P/c1-16(2)24(17(3)4)26-27(23,25)21(19-13-9-6-10-14-19)20(22)15-18-11-7-5-8-12-18/h5-17,21H,1-4H3/b20-15-. The number of rotatable bonds is 8. The zero-order chi connectivity index (χ0) is 20.0. The van der Waals surface area contributed by atoms with Crippen molar-refractivity contribution in [3.63, 3.8) is 0 Å². The number of allylic oxidation sites excluding steroid dienone is 1.